The van der Waals surface area contributed by atoms with Gasteiger partial charge >= 0.3 is 0 Å². The van der Waals surface area contributed by atoms with E-state index < -0.39 is 0 Å². The minimum absolute atomic E-state index is 0.0136. The van der Waals surface area contributed by atoms with E-state index in [1.54, 1.807) is 10.9 Å². The first kappa shape index (κ1) is 17.9. The third-order valence-electron chi connectivity index (χ3n) is 5.35. The molecule has 1 saturated heterocycles. The lowest BCUT2D eigenvalue weighted by Crippen LogP contribution is -2.40. The SMILES string of the molecule is Cc1ncn(CC2CCN(C(=O)c3nc4ccccc4s3)CC2)c(=O)c1C. The van der Waals surface area contributed by atoms with Gasteiger partial charge in [-0.3, -0.25) is 14.2 Å². The van der Waals surface area contributed by atoms with Crippen LogP contribution in [-0.2, 0) is 6.54 Å². The largest absolute Gasteiger partial charge is 0.337 e. The molecule has 0 atom stereocenters. The second kappa shape index (κ2) is 7.23. The lowest BCUT2D eigenvalue weighted by Gasteiger charge is -2.31. The number of hydrogen-bond donors (Lipinski definition) is 0. The van der Waals surface area contributed by atoms with Crippen LogP contribution >= 0.6 is 11.3 Å². The molecule has 0 aliphatic carbocycles. The summed E-state index contributed by atoms with van der Waals surface area (Å²) in [6, 6.07) is 7.82. The zero-order valence-corrected chi connectivity index (χ0v) is 16.3. The molecule has 2 aromatic heterocycles. The highest BCUT2D eigenvalue weighted by molar-refractivity contribution is 7.20. The second-order valence-electron chi connectivity index (χ2n) is 7.13. The standard InChI is InChI=1S/C20H22N4O2S/c1-13-14(2)21-12-24(19(13)25)11-15-7-9-23(10-8-15)20(26)18-22-16-5-3-4-6-17(16)27-18/h3-6,12,15H,7-11H2,1-2H3. The average Bonchev–Trinajstić information content (AvgIpc) is 3.13. The number of amides is 1. The highest BCUT2D eigenvalue weighted by Gasteiger charge is 2.26. The number of aryl methyl sites for hydroxylation is 1. The fraction of sp³-hybridized carbons (Fsp3) is 0.400. The predicted octanol–water partition coefficient (Wildman–Crippen LogP) is 3.02. The Kier molecular flexibility index (Phi) is 4.78. The first-order valence-corrected chi connectivity index (χ1v) is 10.0. The first-order valence-electron chi connectivity index (χ1n) is 9.20. The summed E-state index contributed by atoms with van der Waals surface area (Å²) >= 11 is 1.45. The fourth-order valence-electron chi connectivity index (χ4n) is 3.50. The van der Waals surface area contributed by atoms with Gasteiger partial charge in [-0.15, -0.1) is 11.3 Å². The van der Waals surface area contributed by atoms with Gasteiger partial charge in [-0.1, -0.05) is 12.1 Å². The van der Waals surface area contributed by atoms with Crippen LogP contribution in [0.1, 0.15) is 33.9 Å². The Morgan fingerprint density at radius 2 is 1.96 bits per heavy atom. The third kappa shape index (κ3) is 3.51. The molecule has 1 aliphatic heterocycles. The molecule has 0 spiro atoms. The molecule has 7 heteroatoms. The van der Waals surface area contributed by atoms with Crippen LogP contribution in [0.5, 0.6) is 0 Å². The minimum atomic E-state index is 0.0136. The van der Waals surface area contributed by atoms with Crippen LogP contribution in [0.25, 0.3) is 10.2 Å². The molecule has 0 saturated carbocycles. The molecule has 1 aromatic carbocycles. The Labute approximate surface area is 161 Å². The van der Waals surface area contributed by atoms with E-state index in [1.165, 1.54) is 11.3 Å². The van der Waals surface area contributed by atoms with E-state index in [2.05, 4.69) is 9.97 Å². The number of thiazole rings is 1. The number of benzene rings is 1. The topological polar surface area (TPSA) is 68.1 Å². The van der Waals surface area contributed by atoms with Crippen molar-refractivity contribution in [3.05, 3.63) is 57.2 Å². The highest BCUT2D eigenvalue weighted by Crippen LogP contribution is 2.25. The molecule has 1 aliphatic rings. The van der Waals surface area contributed by atoms with Crippen molar-refractivity contribution in [1.82, 2.24) is 19.4 Å². The molecule has 0 N–H and O–H groups in total. The van der Waals surface area contributed by atoms with Gasteiger partial charge in [0.1, 0.15) is 0 Å². The first-order chi connectivity index (χ1) is 13.0. The molecule has 0 unspecified atom stereocenters. The van der Waals surface area contributed by atoms with Gasteiger partial charge in [0.25, 0.3) is 11.5 Å². The summed E-state index contributed by atoms with van der Waals surface area (Å²) in [7, 11) is 0. The molecule has 0 bridgehead atoms. The Hall–Kier alpha value is -2.54. The van der Waals surface area contributed by atoms with Crippen molar-refractivity contribution in [3.8, 4) is 0 Å². The van der Waals surface area contributed by atoms with E-state index in [-0.39, 0.29) is 11.5 Å². The number of nitrogens with zero attached hydrogens (tertiary/aromatic N) is 4. The second-order valence-corrected chi connectivity index (χ2v) is 8.17. The van der Waals surface area contributed by atoms with Crippen LogP contribution in [0, 0.1) is 19.8 Å². The van der Waals surface area contributed by atoms with Crippen molar-refractivity contribution in [2.75, 3.05) is 13.1 Å². The van der Waals surface area contributed by atoms with Gasteiger partial charge in [0.2, 0.25) is 0 Å². The van der Waals surface area contributed by atoms with E-state index in [0.29, 0.717) is 36.1 Å². The van der Waals surface area contributed by atoms with Crippen molar-refractivity contribution in [2.45, 2.75) is 33.2 Å². The van der Waals surface area contributed by atoms with Crippen LogP contribution in [-0.4, -0.2) is 38.4 Å². The molecular formula is C20H22N4O2S. The van der Waals surface area contributed by atoms with E-state index >= 15 is 0 Å². The summed E-state index contributed by atoms with van der Waals surface area (Å²) < 4.78 is 2.75. The van der Waals surface area contributed by atoms with Crippen LogP contribution < -0.4 is 5.56 Å². The van der Waals surface area contributed by atoms with Gasteiger partial charge in [0.15, 0.2) is 5.01 Å². The Bertz CT molecular complexity index is 1010. The number of likely N-dealkylation sites (tertiary alicyclic amines) is 1. The third-order valence-corrected chi connectivity index (χ3v) is 6.37. The number of hydrogen-bond acceptors (Lipinski definition) is 5. The van der Waals surface area contributed by atoms with Crippen molar-refractivity contribution < 1.29 is 4.79 Å². The molecule has 6 nitrogen and oxygen atoms in total. The molecule has 0 radical (unpaired) electrons. The maximum atomic E-state index is 12.8. The normalized spacial score (nSPS) is 15.4. The summed E-state index contributed by atoms with van der Waals surface area (Å²) in [4.78, 5) is 35.8. The summed E-state index contributed by atoms with van der Waals surface area (Å²) in [5, 5.41) is 0.559. The summed E-state index contributed by atoms with van der Waals surface area (Å²) in [5.41, 5.74) is 2.41. The van der Waals surface area contributed by atoms with Crippen LogP contribution in [0.2, 0.25) is 0 Å². The number of carbonyl (C=O) groups is 1. The quantitative estimate of drug-likeness (QED) is 0.698. The van der Waals surface area contributed by atoms with Gasteiger partial charge in [0.05, 0.1) is 16.5 Å². The monoisotopic (exact) mass is 382 g/mol. The molecule has 140 valence electrons. The van der Waals surface area contributed by atoms with Crippen molar-refractivity contribution >= 4 is 27.5 Å². The smallest absolute Gasteiger partial charge is 0.282 e. The van der Waals surface area contributed by atoms with Gasteiger partial charge in [-0.25, -0.2) is 9.97 Å². The van der Waals surface area contributed by atoms with E-state index in [4.69, 9.17) is 0 Å². The number of rotatable bonds is 3. The number of carbonyl (C=O) groups excluding carboxylic acids is 1. The van der Waals surface area contributed by atoms with E-state index in [9.17, 15) is 9.59 Å². The number of fused-ring (bicyclic) bond motifs is 1. The Morgan fingerprint density at radius 3 is 2.70 bits per heavy atom. The Morgan fingerprint density at radius 1 is 1.22 bits per heavy atom. The van der Waals surface area contributed by atoms with Gasteiger partial charge in [-0.05, 0) is 44.7 Å². The van der Waals surface area contributed by atoms with E-state index in [0.717, 1.165) is 28.8 Å². The predicted molar refractivity (Wildman–Crippen MR) is 106 cm³/mol. The number of piperidine rings is 1. The maximum absolute atomic E-state index is 12.8. The molecule has 3 aromatic rings. The van der Waals surface area contributed by atoms with Crippen LogP contribution in [0.15, 0.2) is 35.4 Å². The molecule has 27 heavy (non-hydrogen) atoms. The fourth-order valence-corrected chi connectivity index (χ4v) is 4.44. The number of aromatic nitrogens is 3. The van der Waals surface area contributed by atoms with Crippen LogP contribution in [0.4, 0.5) is 0 Å². The van der Waals surface area contributed by atoms with Gasteiger partial charge in [-0.2, -0.15) is 0 Å². The van der Waals surface area contributed by atoms with E-state index in [1.807, 2.05) is 43.0 Å². The van der Waals surface area contributed by atoms with Crippen molar-refractivity contribution in [2.24, 2.45) is 5.92 Å². The zero-order valence-electron chi connectivity index (χ0n) is 15.5. The molecular weight excluding hydrogens is 360 g/mol. The summed E-state index contributed by atoms with van der Waals surface area (Å²) in [6.07, 6.45) is 3.41. The summed E-state index contributed by atoms with van der Waals surface area (Å²) in [5.74, 6) is 0.394. The average molecular weight is 382 g/mol. The lowest BCUT2D eigenvalue weighted by atomic mass is 9.96. The van der Waals surface area contributed by atoms with Crippen LogP contribution in [0.3, 0.4) is 0 Å². The highest BCUT2D eigenvalue weighted by atomic mass is 32.1. The summed E-state index contributed by atoms with van der Waals surface area (Å²) in [6.45, 7) is 5.74. The lowest BCUT2D eigenvalue weighted by molar-refractivity contribution is 0.0682. The molecule has 4 rings (SSSR count). The maximum Gasteiger partial charge on any atom is 0.282 e. The van der Waals surface area contributed by atoms with Gasteiger partial charge in [0, 0.05) is 30.9 Å². The molecule has 1 fully saturated rings. The Balaban J connectivity index is 1.40. The zero-order chi connectivity index (χ0) is 19.0. The van der Waals surface area contributed by atoms with Gasteiger partial charge < -0.3 is 4.90 Å². The molecule has 3 heterocycles. The van der Waals surface area contributed by atoms with Crippen molar-refractivity contribution in [1.29, 1.82) is 0 Å². The number of para-hydroxylation sites is 1. The van der Waals surface area contributed by atoms with Crippen molar-refractivity contribution in [3.63, 3.8) is 0 Å². The molecule has 1 amide bonds. The minimum Gasteiger partial charge on any atom is -0.337 e.